The van der Waals surface area contributed by atoms with Gasteiger partial charge in [-0.25, -0.2) is 4.98 Å². The number of nitrogens with one attached hydrogen (secondary N) is 3. The zero-order valence-electron chi connectivity index (χ0n) is 18.2. The molecule has 5 rings (SSSR count). The van der Waals surface area contributed by atoms with Crippen LogP contribution in [0.1, 0.15) is 34.6 Å². The first-order valence-electron chi connectivity index (χ1n) is 10.6. The number of H-pyrrole nitrogens is 1. The Hall–Kier alpha value is -4.46. The van der Waals surface area contributed by atoms with Gasteiger partial charge in [-0.2, -0.15) is 5.26 Å². The maximum Gasteiger partial charge on any atom is 0.180 e. The van der Waals surface area contributed by atoms with Crippen molar-refractivity contribution in [1.82, 2.24) is 25.4 Å². The number of fused-ring (bicyclic) bond motifs is 1. The van der Waals surface area contributed by atoms with Crippen LogP contribution in [0, 0.1) is 11.3 Å². The van der Waals surface area contributed by atoms with Crippen molar-refractivity contribution in [2.45, 2.75) is 12.1 Å². The number of hydrogen-bond acceptors (Lipinski definition) is 9. The van der Waals surface area contributed by atoms with E-state index in [1.165, 1.54) is 18.9 Å². The molecule has 0 radical (unpaired) electrons. The molecule has 0 aliphatic rings. The van der Waals surface area contributed by atoms with Crippen molar-refractivity contribution in [2.75, 3.05) is 17.2 Å². The van der Waals surface area contributed by atoms with Crippen molar-refractivity contribution >= 4 is 33.9 Å². The monoisotopic (exact) mass is 486 g/mol. The van der Waals surface area contributed by atoms with Gasteiger partial charge in [0, 0.05) is 23.5 Å². The first-order chi connectivity index (χ1) is 17.2. The molecule has 5 aromatic rings. The van der Waals surface area contributed by atoms with Crippen LogP contribution in [-0.4, -0.2) is 37.1 Å². The topological polar surface area (TPSA) is 149 Å². The van der Waals surface area contributed by atoms with Crippen molar-refractivity contribution in [3.63, 3.8) is 0 Å². The number of hydrogen-bond donors (Lipinski definition) is 4. The van der Waals surface area contributed by atoms with Gasteiger partial charge in [0.15, 0.2) is 6.39 Å². The summed E-state index contributed by atoms with van der Waals surface area (Å²) in [6, 6.07) is 14.3. The molecule has 0 bridgehead atoms. The third-order valence-electron chi connectivity index (χ3n) is 5.54. The fourth-order valence-electron chi connectivity index (χ4n) is 3.86. The number of oxazole rings is 1. The van der Waals surface area contributed by atoms with Crippen molar-refractivity contribution in [1.29, 1.82) is 5.26 Å². The molecular formula is C24H19ClN8O2. The predicted octanol–water partition coefficient (Wildman–Crippen LogP) is 4.21. The van der Waals surface area contributed by atoms with Gasteiger partial charge in [-0.15, -0.1) is 5.10 Å². The molecule has 0 fully saturated rings. The second-order valence-electron chi connectivity index (χ2n) is 7.69. The summed E-state index contributed by atoms with van der Waals surface area (Å²) < 4.78 is 5.16. The third-order valence-corrected chi connectivity index (χ3v) is 5.83. The van der Waals surface area contributed by atoms with E-state index in [1.54, 1.807) is 12.3 Å². The molecule has 4 N–H and O–H groups in total. The van der Waals surface area contributed by atoms with Crippen LogP contribution in [-0.2, 0) is 0 Å². The molecule has 35 heavy (non-hydrogen) atoms. The number of benzene rings is 2. The Balaban J connectivity index is 1.59. The standard InChI is InChI=1S/C24H19ClN8O2/c25-18-7-16(30-24(19-10-29-33-32-19)21-12-35-13-28-21)6-17-22(15(8-26)9-27-23(17)18)31-20(11-34)14-4-2-1-3-5-14/h1-7,9-10,12-13,20,24,30,34H,11H2,(H,27,31)(H,29,32,33)/t20-,24?/m1/s1. The molecule has 2 aromatic carbocycles. The third kappa shape index (κ3) is 4.50. The van der Waals surface area contributed by atoms with Crippen molar-refractivity contribution in [3.8, 4) is 6.07 Å². The zero-order chi connectivity index (χ0) is 24.2. The van der Waals surface area contributed by atoms with Gasteiger partial charge >= 0.3 is 0 Å². The van der Waals surface area contributed by atoms with Crippen molar-refractivity contribution in [2.24, 2.45) is 0 Å². The lowest BCUT2D eigenvalue weighted by Crippen LogP contribution is -2.16. The Labute approximate surface area is 204 Å². The highest BCUT2D eigenvalue weighted by Gasteiger charge is 2.22. The lowest BCUT2D eigenvalue weighted by Gasteiger charge is -2.21. The lowest BCUT2D eigenvalue weighted by molar-refractivity contribution is 0.276. The van der Waals surface area contributed by atoms with Gasteiger partial charge in [0.2, 0.25) is 0 Å². The molecule has 11 heteroatoms. The van der Waals surface area contributed by atoms with Gasteiger partial charge in [0.1, 0.15) is 29.8 Å². The molecule has 2 atom stereocenters. The fraction of sp³-hybridized carbons (Fsp3) is 0.125. The maximum atomic E-state index is 10.1. The van der Waals surface area contributed by atoms with Crippen molar-refractivity contribution < 1.29 is 9.52 Å². The van der Waals surface area contributed by atoms with Gasteiger partial charge < -0.3 is 20.2 Å². The van der Waals surface area contributed by atoms with E-state index >= 15 is 0 Å². The average Bonchev–Trinajstić information content (AvgIpc) is 3.61. The highest BCUT2D eigenvalue weighted by Crippen LogP contribution is 2.36. The number of rotatable bonds is 8. The van der Waals surface area contributed by atoms with Crippen LogP contribution >= 0.6 is 11.6 Å². The number of nitriles is 1. The quantitative estimate of drug-likeness (QED) is 0.253. The number of nitrogens with zero attached hydrogens (tertiary/aromatic N) is 5. The molecule has 0 aliphatic heterocycles. The highest BCUT2D eigenvalue weighted by molar-refractivity contribution is 6.35. The van der Waals surface area contributed by atoms with Gasteiger partial charge in [-0.05, 0) is 17.7 Å². The molecule has 1 unspecified atom stereocenters. The summed E-state index contributed by atoms with van der Waals surface area (Å²) in [6.07, 6.45) is 5.98. The first-order valence-corrected chi connectivity index (χ1v) is 11.0. The highest BCUT2D eigenvalue weighted by atomic mass is 35.5. The summed E-state index contributed by atoms with van der Waals surface area (Å²) in [7, 11) is 0. The van der Waals surface area contributed by atoms with Crippen LogP contribution in [0.25, 0.3) is 10.9 Å². The van der Waals surface area contributed by atoms with E-state index in [1.807, 2.05) is 36.4 Å². The Morgan fingerprint density at radius 2 is 2.00 bits per heavy atom. The number of aromatic nitrogens is 5. The van der Waals surface area contributed by atoms with Crippen LogP contribution in [0.3, 0.4) is 0 Å². The molecule has 0 spiro atoms. The number of aromatic amines is 1. The van der Waals surface area contributed by atoms with Gasteiger partial charge in [-0.1, -0.05) is 47.1 Å². The van der Waals surface area contributed by atoms with Crippen LogP contribution in [0.5, 0.6) is 0 Å². The number of halogens is 1. The smallest absolute Gasteiger partial charge is 0.180 e. The van der Waals surface area contributed by atoms with Crippen LogP contribution < -0.4 is 10.6 Å². The lowest BCUT2D eigenvalue weighted by atomic mass is 10.0. The number of aliphatic hydroxyl groups excluding tert-OH is 1. The Bertz CT molecular complexity index is 1430. The van der Waals surface area contributed by atoms with Crippen LogP contribution in [0.15, 0.2) is 71.9 Å². The van der Waals surface area contributed by atoms with E-state index in [4.69, 9.17) is 16.0 Å². The molecule has 0 amide bonds. The zero-order valence-corrected chi connectivity index (χ0v) is 18.9. The number of anilines is 2. The van der Waals surface area contributed by atoms with E-state index in [-0.39, 0.29) is 6.61 Å². The summed E-state index contributed by atoms with van der Waals surface area (Å²) >= 11 is 6.62. The second kappa shape index (κ2) is 9.80. The van der Waals surface area contributed by atoms with E-state index < -0.39 is 12.1 Å². The predicted molar refractivity (Wildman–Crippen MR) is 130 cm³/mol. The van der Waals surface area contributed by atoms with Crippen LogP contribution in [0.2, 0.25) is 5.02 Å². The van der Waals surface area contributed by atoms with E-state index in [0.29, 0.717) is 44.3 Å². The summed E-state index contributed by atoms with van der Waals surface area (Å²) in [6.45, 7) is -0.176. The van der Waals surface area contributed by atoms with Gasteiger partial charge in [0.05, 0.1) is 34.4 Å². The minimum atomic E-state index is -0.473. The van der Waals surface area contributed by atoms with Gasteiger partial charge in [-0.3, -0.25) is 10.1 Å². The SMILES string of the molecule is N#Cc1cnc2c(Cl)cc(NC(c3cocn3)c3c[nH]nn3)cc2c1N[C@H](CO)c1ccccc1. The fourth-order valence-corrected chi connectivity index (χ4v) is 4.13. The molecule has 0 aliphatic carbocycles. The Morgan fingerprint density at radius 3 is 2.69 bits per heavy atom. The molecule has 174 valence electrons. The summed E-state index contributed by atoms with van der Waals surface area (Å²) in [4.78, 5) is 8.64. The largest absolute Gasteiger partial charge is 0.451 e. The molecule has 3 aromatic heterocycles. The summed E-state index contributed by atoms with van der Waals surface area (Å²) in [5, 5.41) is 38.2. The summed E-state index contributed by atoms with van der Waals surface area (Å²) in [5.41, 5.74) is 4.07. The first kappa shape index (κ1) is 22.3. The maximum absolute atomic E-state index is 10.1. The van der Waals surface area contributed by atoms with E-state index in [0.717, 1.165) is 5.56 Å². The molecular weight excluding hydrogens is 468 g/mol. The Kier molecular flexibility index (Phi) is 6.26. The summed E-state index contributed by atoms with van der Waals surface area (Å²) in [5.74, 6) is 0. The molecule has 0 saturated carbocycles. The van der Waals surface area contributed by atoms with E-state index in [2.05, 4.69) is 42.1 Å². The second-order valence-corrected chi connectivity index (χ2v) is 8.10. The molecule has 0 saturated heterocycles. The van der Waals surface area contributed by atoms with Gasteiger partial charge in [0.25, 0.3) is 0 Å². The average molecular weight is 487 g/mol. The minimum absolute atomic E-state index is 0.176. The Morgan fingerprint density at radius 1 is 1.14 bits per heavy atom. The minimum Gasteiger partial charge on any atom is -0.451 e. The number of aliphatic hydroxyl groups is 1. The van der Waals surface area contributed by atoms with E-state index in [9.17, 15) is 10.4 Å². The normalized spacial score (nSPS) is 12.7. The van der Waals surface area contributed by atoms with Crippen LogP contribution in [0.4, 0.5) is 11.4 Å². The molecule has 10 nitrogen and oxygen atoms in total. The van der Waals surface area contributed by atoms with Crippen molar-refractivity contribution in [3.05, 3.63) is 95.1 Å². The number of pyridine rings is 1. The molecule has 3 heterocycles.